The third-order valence-corrected chi connectivity index (χ3v) is 6.13. The molecule has 0 saturated carbocycles. The summed E-state index contributed by atoms with van der Waals surface area (Å²) in [5.74, 6) is 0. The molecule has 0 aliphatic carbocycles. The molecular weight excluding hydrogens is 356 g/mol. The SMILES string of the molecule is Clc1cccc(N2CCN([C@H]3CCCN(CCc4ccccn4)C3)CC2)c1. The number of likely N-dealkylation sites (tertiary alicyclic amines) is 1. The van der Waals surface area contributed by atoms with E-state index < -0.39 is 0 Å². The Bertz CT molecular complexity index is 715. The number of nitrogens with zero attached hydrogens (tertiary/aromatic N) is 4. The number of halogens is 1. The lowest BCUT2D eigenvalue weighted by molar-refractivity contribution is 0.0931. The third kappa shape index (κ3) is 5.01. The Hall–Kier alpha value is -1.62. The number of hydrogen-bond acceptors (Lipinski definition) is 4. The second-order valence-electron chi connectivity index (χ2n) is 7.67. The zero-order valence-electron chi connectivity index (χ0n) is 15.9. The summed E-state index contributed by atoms with van der Waals surface area (Å²) in [7, 11) is 0. The van der Waals surface area contributed by atoms with E-state index >= 15 is 0 Å². The molecule has 4 rings (SSSR count). The van der Waals surface area contributed by atoms with Crippen molar-refractivity contribution in [3.05, 3.63) is 59.4 Å². The van der Waals surface area contributed by atoms with E-state index in [1.165, 1.54) is 37.3 Å². The van der Waals surface area contributed by atoms with Gasteiger partial charge in [0.2, 0.25) is 0 Å². The fourth-order valence-corrected chi connectivity index (χ4v) is 4.55. The first-order chi connectivity index (χ1) is 13.3. The molecule has 0 spiro atoms. The van der Waals surface area contributed by atoms with Crippen LogP contribution in [-0.4, -0.2) is 66.6 Å². The minimum atomic E-state index is 0.698. The highest BCUT2D eigenvalue weighted by atomic mass is 35.5. The van der Waals surface area contributed by atoms with Crippen LogP contribution in [0.5, 0.6) is 0 Å². The highest BCUT2D eigenvalue weighted by Crippen LogP contribution is 2.23. The molecule has 1 aromatic heterocycles. The van der Waals surface area contributed by atoms with Crippen molar-refractivity contribution in [3.8, 4) is 0 Å². The lowest BCUT2D eigenvalue weighted by atomic mass is 10.0. The number of hydrogen-bond donors (Lipinski definition) is 0. The number of piperidine rings is 1. The van der Waals surface area contributed by atoms with E-state index in [0.717, 1.165) is 44.2 Å². The van der Waals surface area contributed by atoms with Crippen LogP contribution in [0.3, 0.4) is 0 Å². The number of pyridine rings is 1. The van der Waals surface area contributed by atoms with Crippen molar-refractivity contribution >= 4 is 17.3 Å². The monoisotopic (exact) mass is 384 g/mol. The molecule has 3 heterocycles. The van der Waals surface area contributed by atoms with Gasteiger partial charge in [0, 0.05) is 74.3 Å². The summed E-state index contributed by atoms with van der Waals surface area (Å²) >= 11 is 6.16. The topological polar surface area (TPSA) is 22.6 Å². The van der Waals surface area contributed by atoms with Gasteiger partial charge in [0.1, 0.15) is 0 Å². The molecule has 2 fully saturated rings. The van der Waals surface area contributed by atoms with Gasteiger partial charge in [-0.05, 0) is 49.7 Å². The Balaban J connectivity index is 1.27. The molecule has 1 atom stereocenters. The first-order valence-corrected chi connectivity index (χ1v) is 10.5. The first kappa shape index (κ1) is 18.7. The molecule has 2 aliphatic rings. The average Bonchev–Trinajstić information content (AvgIpc) is 2.73. The average molecular weight is 385 g/mol. The molecule has 0 unspecified atom stereocenters. The van der Waals surface area contributed by atoms with Crippen molar-refractivity contribution in [2.75, 3.05) is 50.7 Å². The maximum Gasteiger partial charge on any atom is 0.0426 e. The summed E-state index contributed by atoms with van der Waals surface area (Å²) in [6.45, 7) is 8.01. The van der Waals surface area contributed by atoms with Gasteiger partial charge in [-0.15, -0.1) is 0 Å². The van der Waals surface area contributed by atoms with Crippen molar-refractivity contribution in [3.63, 3.8) is 0 Å². The number of rotatable bonds is 5. The summed E-state index contributed by atoms with van der Waals surface area (Å²) in [5, 5.41) is 0.825. The van der Waals surface area contributed by atoms with E-state index in [1.54, 1.807) is 0 Å². The number of benzene rings is 1. The molecule has 0 amide bonds. The zero-order chi connectivity index (χ0) is 18.5. The van der Waals surface area contributed by atoms with Gasteiger partial charge in [-0.1, -0.05) is 23.7 Å². The molecule has 4 nitrogen and oxygen atoms in total. The summed E-state index contributed by atoms with van der Waals surface area (Å²) < 4.78 is 0. The van der Waals surface area contributed by atoms with Crippen LogP contribution in [0.15, 0.2) is 48.7 Å². The van der Waals surface area contributed by atoms with Gasteiger partial charge in [0.25, 0.3) is 0 Å². The van der Waals surface area contributed by atoms with E-state index in [-0.39, 0.29) is 0 Å². The summed E-state index contributed by atoms with van der Waals surface area (Å²) in [5.41, 5.74) is 2.46. The Morgan fingerprint density at radius 3 is 2.67 bits per heavy atom. The van der Waals surface area contributed by atoms with Crippen LogP contribution in [0.4, 0.5) is 5.69 Å². The van der Waals surface area contributed by atoms with Gasteiger partial charge in [-0.25, -0.2) is 0 Å². The van der Waals surface area contributed by atoms with Crippen LogP contribution >= 0.6 is 11.6 Å². The fraction of sp³-hybridized carbons (Fsp3) is 0.500. The molecule has 2 saturated heterocycles. The number of aromatic nitrogens is 1. The maximum absolute atomic E-state index is 6.16. The van der Waals surface area contributed by atoms with Gasteiger partial charge < -0.3 is 9.80 Å². The molecule has 1 aromatic carbocycles. The van der Waals surface area contributed by atoms with Crippen molar-refractivity contribution in [1.82, 2.24) is 14.8 Å². The van der Waals surface area contributed by atoms with Gasteiger partial charge in [-0.2, -0.15) is 0 Å². The quantitative estimate of drug-likeness (QED) is 0.786. The second kappa shape index (κ2) is 9.05. The molecule has 0 radical (unpaired) electrons. The minimum absolute atomic E-state index is 0.698. The van der Waals surface area contributed by atoms with Crippen LogP contribution in [-0.2, 0) is 6.42 Å². The fourth-order valence-electron chi connectivity index (χ4n) is 4.37. The second-order valence-corrected chi connectivity index (χ2v) is 8.11. The van der Waals surface area contributed by atoms with Crippen molar-refractivity contribution in [2.24, 2.45) is 0 Å². The molecule has 27 heavy (non-hydrogen) atoms. The predicted octanol–water partition coefficient (Wildman–Crippen LogP) is 3.56. The lowest BCUT2D eigenvalue weighted by Gasteiger charge is -2.44. The van der Waals surface area contributed by atoms with Crippen LogP contribution in [0.1, 0.15) is 18.5 Å². The largest absolute Gasteiger partial charge is 0.369 e. The van der Waals surface area contributed by atoms with Gasteiger partial charge in [0.15, 0.2) is 0 Å². The highest BCUT2D eigenvalue weighted by molar-refractivity contribution is 6.30. The predicted molar refractivity (Wildman–Crippen MR) is 113 cm³/mol. The maximum atomic E-state index is 6.16. The highest BCUT2D eigenvalue weighted by Gasteiger charge is 2.28. The number of piperazine rings is 1. The van der Waals surface area contributed by atoms with Crippen LogP contribution in [0.25, 0.3) is 0 Å². The lowest BCUT2D eigenvalue weighted by Crippen LogP contribution is -2.55. The molecule has 2 aromatic rings. The first-order valence-electron chi connectivity index (χ1n) is 10.1. The molecule has 0 N–H and O–H groups in total. The van der Waals surface area contributed by atoms with E-state index in [0.29, 0.717) is 6.04 Å². The van der Waals surface area contributed by atoms with E-state index in [2.05, 4.69) is 43.9 Å². The van der Waals surface area contributed by atoms with Gasteiger partial charge >= 0.3 is 0 Å². The third-order valence-electron chi connectivity index (χ3n) is 5.89. The Labute approximate surface area is 167 Å². The molecular formula is C22H29ClN4. The summed E-state index contributed by atoms with van der Waals surface area (Å²) in [4.78, 5) is 12.3. The van der Waals surface area contributed by atoms with Crippen LogP contribution in [0.2, 0.25) is 5.02 Å². The Kier molecular flexibility index (Phi) is 6.28. The number of anilines is 1. The van der Waals surface area contributed by atoms with Crippen molar-refractivity contribution < 1.29 is 0 Å². The normalized spacial score (nSPS) is 22.1. The van der Waals surface area contributed by atoms with Crippen molar-refractivity contribution in [1.29, 1.82) is 0 Å². The summed E-state index contributed by atoms with van der Waals surface area (Å²) in [6.07, 6.45) is 5.59. The van der Waals surface area contributed by atoms with E-state index in [1.807, 2.05) is 24.4 Å². The standard InChI is InChI=1S/C22H29ClN4/c23-19-5-3-7-21(17-19)26-13-15-27(16-14-26)22-8-4-11-25(18-22)12-9-20-6-1-2-10-24-20/h1-3,5-7,10,17,22H,4,8-9,11-16,18H2/t22-/m0/s1. The molecule has 0 bridgehead atoms. The van der Waals surface area contributed by atoms with Gasteiger partial charge in [-0.3, -0.25) is 9.88 Å². The zero-order valence-corrected chi connectivity index (χ0v) is 16.7. The Morgan fingerprint density at radius 2 is 1.89 bits per heavy atom. The van der Waals surface area contributed by atoms with Crippen molar-refractivity contribution in [2.45, 2.75) is 25.3 Å². The van der Waals surface area contributed by atoms with E-state index in [9.17, 15) is 0 Å². The summed E-state index contributed by atoms with van der Waals surface area (Å²) in [6, 6.07) is 15.1. The van der Waals surface area contributed by atoms with E-state index in [4.69, 9.17) is 11.6 Å². The molecule has 144 valence electrons. The van der Waals surface area contributed by atoms with Crippen LogP contribution < -0.4 is 4.90 Å². The molecule has 5 heteroatoms. The minimum Gasteiger partial charge on any atom is -0.369 e. The molecule has 2 aliphatic heterocycles. The Morgan fingerprint density at radius 1 is 1.00 bits per heavy atom. The smallest absolute Gasteiger partial charge is 0.0426 e. The van der Waals surface area contributed by atoms with Crippen LogP contribution in [0, 0.1) is 0 Å². The van der Waals surface area contributed by atoms with Gasteiger partial charge in [0.05, 0.1) is 0 Å².